The van der Waals surface area contributed by atoms with E-state index in [1.165, 1.54) is 5.56 Å². The first-order valence-corrected chi connectivity index (χ1v) is 6.29. The monoisotopic (exact) mass is 241 g/mol. The number of rotatable bonds is 4. The summed E-state index contributed by atoms with van der Waals surface area (Å²) < 4.78 is 0. The molecule has 0 aromatic carbocycles. The molecule has 0 saturated heterocycles. The highest BCUT2D eigenvalue weighted by atomic mass is 14.9. The second kappa shape index (κ2) is 5.74. The van der Waals surface area contributed by atoms with Crippen molar-refractivity contribution in [1.29, 1.82) is 0 Å². The summed E-state index contributed by atoms with van der Waals surface area (Å²) in [7, 11) is 0. The molecule has 2 rings (SSSR count). The lowest BCUT2D eigenvalue weighted by molar-refractivity contribution is 0.610. The van der Waals surface area contributed by atoms with Crippen molar-refractivity contribution in [1.82, 2.24) is 15.3 Å². The van der Waals surface area contributed by atoms with E-state index in [0.29, 0.717) is 0 Å². The molecule has 0 aliphatic rings. The quantitative estimate of drug-likeness (QED) is 0.894. The largest absolute Gasteiger partial charge is 0.305 e. The van der Waals surface area contributed by atoms with E-state index < -0.39 is 0 Å². The molecular weight excluding hydrogens is 222 g/mol. The van der Waals surface area contributed by atoms with Crippen molar-refractivity contribution in [3.63, 3.8) is 0 Å². The highest BCUT2D eigenvalue weighted by Gasteiger charge is 2.16. The van der Waals surface area contributed by atoms with Crippen LogP contribution in [-0.4, -0.2) is 16.5 Å². The van der Waals surface area contributed by atoms with Gasteiger partial charge < -0.3 is 5.32 Å². The summed E-state index contributed by atoms with van der Waals surface area (Å²) in [4.78, 5) is 8.88. The SMILES string of the molecule is CCNC(c1ccc(C)nc1)c1ncccc1C. The van der Waals surface area contributed by atoms with Crippen molar-refractivity contribution in [2.45, 2.75) is 26.8 Å². The Balaban J connectivity index is 2.40. The van der Waals surface area contributed by atoms with Gasteiger partial charge in [-0.2, -0.15) is 0 Å². The second-order valence-electron chi connectivity index (χ2n) is 4.43. The van der Waals surface area contributed by atoms with Crippen LogP contribution in [0.3, 0.4) is 0 Å². The Hall–Kier alpha value is -1.74. The lowest BCUT2D eigenvalue weighted by Gasteiger charge is -2.19. The first-order valence-electron chi connectivity index (χ1n) is 6.29. The number of pyridine rings is 2. The van der Waals surface area contributed by atoms with Crippen molar-refractivity contribution in [2.24, 2.45) is 0 Å². The summed E-state index contributed by atoms with van der Waals surface area (Å²) in [5, 5.41) is 3.47. The first-order chi connectivity index (χ1) is 8.72. The maximum absolute atomic E-state index is 4.51. The summed E-state index contributed by atoms with van der Waals surface area (Å²) in [6, 6.07) is 8.33. The molecule has 0 aliphatic carbocycles. The molecular formula is C15H19N3. The molecule has 0 aliphatic heterocycles. The smallest absolute Gasteiger partial charge is 0.0768 e. The van der Waals surface area contributed by atoms with Crippen LogP contribution in [0.2, 0.25) is 0 Å². The molecule has 18 heavy (non-hydrogen) atoms. The fourth-order valence-electron chi connectivity index (χ4n) is 2.03. The van der Waals surface area contributed by atoms with Crippen LogP contribution >= 0.6 is 0 Å². The highest BCUT2D eigenvalue weighted by molar-refractivity contribution is 5.31. The van der Waals surface area contributed by atoms with Crippen molar-refractivity contribution < 1.29 is 0 Å². The molecule has 0 saturated carbocycles. The van der Waals surface area contributed by atoms with Crippen molar-refractivity contribution in [2.75, 3.05) is 6.54 Å². The highest BCUT2D eigenvalue weighted by Crippen LogP contribution is 2.22. The van der Waals surface area contributed by atoms with Gasteiger partial charge in [-0.3, -0.25) is 9.97 Å². The third-order valence-electron chi connectivity index (χ3n) is 3.00. The third-order valence-corrected chi connectivity index (χ3v) is 3.00. The van der Waals surface area contributed by atoms with E-state index in [9.17, 15) is 0 Å². The van der Waals surface area contributed by atoms with Gasteiger partial charge in [0.15, 0.2) is 0 Å². The van der Waals surface area contributed by atoms with Gasteiger partial charge in [0.25, 0.3) is 0 Å². The van der Waals surface area contributed by atoms with Crippen LogP contribution in [0.25, 0.3) is 0 Å². The number of hydrogen-bond donors (Lipinski definition) is 1. The molecule has 0 amide bonds. The van der Waals surface area contributed by atoms with Gasteiger partial charge in [0.1, 0.15) is 0 Å². The molecule has 1 atom stereocenters. The minimum Gasteiger partial charge on any atom is -0.305 e. The summed E-state index contributed by atoms with van der Waals surface area (Å²) in [6.07, 6.45) is 3.77. The topological polar surface area (TPSA) is 37.8 Å². The van der Waals surface area contributed by atoms with Gasteiger partial charge in [-0.05, 0) is 43.7 Å². The van der Waals surface area contributed by atoms with E-state index in [4.69, 9.17) is 0 Å². The molecule has 3 nitrogen and oxygen atoms in total. The van der Waals surface area contributed by atoms with Crippen LogP contribution in [0.5, 0.6) is 0 Å². The average molecular weight is 241 g/mol. The summed E-state index contributed by atoms with van der Waals surface area (Å²) in [5.41, 5.74) is 4.46. The van der Waals surface area contributed by atoms with Crippen molar-refractivity contribution in [3.05, 3.63) is 59.2 Å². The normalized spacial score (nSPS) is 12.4. The number of aromatic nitrogens is 2. The molecule has 2 heterocycles. The van der Waals surface area contributed by atoms with Crippen LogP contribution in [0.15, 0.2) is 36.7 Å². The Kier molecular flexibility index (Phi) is 4.05. The molecule has 2 aromatic heterocycles. The predicted molar refractivity (Wildman–Crippen MR) is 73.5 cm³/mol. The summed E-state index contributed by atoms with van der Waals surface area (Å²) in [5.74, 6) is 0. The van der Waals surface area contributed by atoms with E-state index in [0.717, 1.165) is 23.5 Å². The zero-order chi connectivity index (χ0) is 13.0. The lowest BCUT2D eigenvalue weighted by atomic mass is 10.0. The van der Waals surface area contributed by atoms with Gasteiger partial charge in [0.05, 0.1) is 11.7 Å². The standard InChI is InChI=1S/C15H19N3/c1-4-16-15(13-8-7-12(3)18-10-13)14-11(2)6-5-9-17-14/h5-10,15-16H,4H2,1-3H3. The maximum Gasteiger partial charge on any atom is 0.0768 e. The van der Waals surface area contributed by atoms with Gasteiger partial charge in [-0.25, -0.2) is 0 Å². The van der Waals surface area contributed by atoms with Gasteiger partial charge in [-0.15, -0.1) is 0 Å². The van der Waals surface area contributed by atoms with E-state index in [-0.39, 0.29) is 6.04 Å². The Labute approximate surface area is 108 Å². The fourth-order valence-corrected chi connectivity index (χ4v) is 2.03. The van der Waals surface area contributed by atoms with E-state index in [1.54, 1.807) is 0 Å². The predicted octanol–water partition coefficient (Wildman–Crippen LogP) is 2.79. The van der Waals surface area contributed by atoms with Crippen LogP contribution in [0.1, 0.15) is 35.5 Å². The number of nitrogens with zero attached hydrogens (tertiary/aromatic N) is 2. The van der Waals surface area contributed by atoms with Crippen molar-refractivity contribution in [3.8, 4) is 0 Å². The molecule has 94 valence electrons. The number of hydrogen-bond acceptors (Lipinski definition) is 3. The van der Waals surface area contributed by atoms with E-state index in [1.807, 2.05) is 31.5 Å². The molecule has 0 radical (unpaired) electrons. The average Bonchev–Trinajstić information content (AvgIpc) is 2.38. The van der Waals surface area contributed by atoms with Crippen molar-refractivity contribution >= 4 is 0 Å². The maximum atomic E-state index is 4.51. The molecule has 0 bridgehead atoms. The molecule has 1 N–H and O–H groups in total. The first kappa shape index (κ1) is 12.7. The van der Waals surface area contributed by atoms with E-state index >= 15 is 0 Å². The van der Waals surface area contributed by atoms with E-state index in [2.05, 4.69) is 41.3 Å². The minimum atomic E-state index is 0.115. The number of aryl methyl sites for hydroxylation is 2. The minimum absolute atomic E-state index is 0.115. The molecule has 3 heteroatoms. The van der Waals surface area contributed by atoms with Gasteiger partial charge >= 0.3 is 0 Å². The van der Waals surface area contributed by atoms with Gasteiger partial charge in [0.2, 0.25) is 0 Å². The van der Waals surface area contributed by atoms with Crippen LogP contribution in [0, 0.1) is 13.8 Å². The summed E-state index contributed by atoms with van der Waals surface area (Å²) >= 11 is 0. The van der Waals surface area contributed by atoms with Crippen LogP contribution < -0.4 is 5.32 Å². The number of nitrogens with one attached hydrogen (secondary N) is 1. The Morgan fingerprint density at radius 3 is 2.61 bits per heavy atom. The van der Waals surface area contributed by atoms with Gasteiger partial charge in [-0.1, -0.05) is 19.1 Å². The summed E-state index contributed by atoms with van der Waals surface area (Å²) in [6.45, 7) is 7.09. The Bertz CT molecular complexity index is 505. The Morgan fingerprint density at radius 1 is 1.17 bits per heavy atom. The zero-order valence-corrected chi connectivity index (χ0v) is 11.1. The molecule has 1 unspecified atom stereocenters. The molecule has 0 fully saturated rings. The third kappa shape index (κ3) is 2.74. The molecule has 0 spiro atoms. The lowest BCUT2D eigenvalue weighted by Crippen LogP contribution is -2.24. The van der Waals surface area contributed by atoms with Gasteiger partial charge in [0, 0.05) is 18.1 Å². The van der Waals surface area contributed by atoms with Crippen LogP contribution in [0.4, 0.5) is 0 Å². The fraction of sp³-hybridized carbons (Fsp3) is 0.333. The van der Waals surface area contributed by atoms with Crippen LogP contribution in [-0.2, 0) is 0 Å². The zero-order valence-electron chi connectivity index (χ0n) is 11.1. The Morgan fingerprint density at radius 2 is 2.00 bits per heavy atom. The molecule has 2 aromatic rings. The second-order valence-corrected chi connectivity index (χ2v) is 4.43.